The molecule has 1 saturated heterocycles. The minimum atomic E-state index is -3.98. The van der Waals surface area contributed by atoms with Gasteiger partial charge in [0.1, 0.15) is 0 Å². The van der Waals surface area contributed by atoms with Gasteiger partial charge in [-0.25, -0.2) is 9.69 Å². The first-order valence-corrected chi connectivity index (χ1v) is 15.0. The summed E-state index contributed by atoms with van der Waals surface area (Å²) >= 11 is 12.7. The van der Waals surface area contributed by atoms with Gasteiger partial charge in [-0.15, -0.1) is 0 Å². The molecule has 2 aromatic carbocycles. The zero-order valence-corrected chi connectivity index (χ0v) is 23.8. The molecule has 8 nitrogen and oxygen atoms in total. The lowest BCUT2D eigenvalue weighted by atomic mass is 9.97. The van der Waals surface area contributed by atoms with E-state index in [1.54, 1.807) is 22.9 Å². The number of halogens is 2. The van der Waals surface area contributed by atoms with Gasteiger partial charge < -0.3 is 0 Å². The Morgan fingerprint density at radius 2 is 1.79 bits per heavy atom. The van der Waals surface area contributed by atoms with Gasteiger partial charge in [0.05, 0.1) is 22.2 Å². The predicted octanol–water partition coefficient (Wildman–Crippen LogP) is 5.74. The average Bonchev–Trinajstić information content (AvgIpc) is 3.20. The van der Waals surface area contributed by atoms with E-state index in [-0.39, 0.29) is 17.6 Å². The van der Waals surface area contributed by atoms with Crippen molar-refractivity contribution >= 4 is 39.2 Å². The zero-order valence-electron chi connectivity index (χ0n) is 21.5. The molecule has 1 aromatic heterocycles. The van der Waals surface area contributed by atoms with Crippen LogP contribution in [-0.4, -0.2) is 52.5 Å². The molecular formula is C27H32Cl2N4O4S. The molecule has 0 spiro atoms. The number of hydrazine groups is 1. The van der Waals surface area contributed by atoms with Crippen molar-refractivity contribution in [2.75, 3.05) is 18.8 Å². The third-order valence-corrected chi connectivity index (χ3v) is 8.06. The van der Waals surface area contributed by atoms with Crippen LogP contribution >= 0.6 is 23.2 Å². The summed E-state index contributed by atoms with van der Waals surface area (Å²) in [6.07, 6.45) is 4.28. The van der Waals surface area contributed by atoms with Gasteiger partial charge in [0, 0.05) is 29.2 Å². The van der Waals surface area contributed by atoms with Crippen LogP contribution in [0.15, 0.2) is 42.5 Å². The molecule has 0 saturated carbocycles. The molecule has 1 atom stereocenters. The standard InChI is InChI=1S/C27H32Cl2N4O4S/c1-18(12-15-38(35,36)37)16-20-6-8-21(9-7-20)26-19(2)25(27(34)31-32-13-4-3-5-14-32)30-33(26)24-11-10-22(28)17-23(24)29/h6-11,17-18H,3-5,12-16H2,1-2H3,(H,31,34)(H,35,36,37). The topological polar surface area (TPSA) is 105 Å². The monoisotopic (exact) mass is 578 g/mol. The molecule has 2 N–H and O–H groups in total. The number of aromatic nitrogens is 2. The molecule has 4 rings (SSSR count). The molecule has 38 heavy (non-hydrogen) atoms. The SMILES string of the molecule is Cc1c(C(=O)NN2CCCCC2)nn(-c2ccc(Cl)cc2Cl)c1-c1ccc(CC(C)CCS(=O)(=O)O)cc1. The molecule has 204 valence electrons. The Bertz CT molecular complexity index is 1400. The Balaban J connectivity index is 1.66. The molecule has 11 heteroatoms. The number of piperidine rings is 1. The van der Waals surface area contributed by atoms with Gasteiger partial charge in [-0.1, -0.05) is 60.8 Å². The van der Waals surface area contributed by atoms with Crippen LogP contribution in [0.25, 0.3) is 16.9 Å². The van der Waals surface area contributed by atoms with E-state index in [0.717, 1.165) is 54.7 Å². The average molecular weight is 580 g/mol. The fourth-order valence-electron chi connectivity index (χ4n) is 4.73. The third-order valence-electron chi connectivity index (χ3n) is 6.77. The van der Waals surface area contributed by atoms with E-state index in [1.807, 2.05) is 43.1 Å². The number of amides is 1. The lowest BCUT2D eigenvalue weighted by Crippen LogP contribution is -2.45. The van der Waals surface area contributed by atoms with Gasteiger partial charge in [-0.05, 0) is 62.3 Å². The maximum Gasteiger partial charge on any atom is 0.286 e. The number of carbonyl (C=O) groups excluding carboxylic acids is 1. The Hall–Kier alpha value is -2.43. The first-order valence-electron chi connectivity index (χ1n) is 12.7. The van der Waals surface area contributed by atoms with Crippen molar-refractivity contribution in [3.05, 3.63) is 69.3 Å². The van der Waals surface area contributed by atoms with Crippen molar-refractivity contribution in [3.8, 4) is 16.9 Å². The maximum atomic E-state index is 13.3. The van der Waals surface area contributed by atoms with Gasteiger partial charge >= 0.3 is 0 Å². The highest BCUT2D eigenvalue weighted by molar-refractivity contribution is 7.85. The minimum absolute atomic E-state index is 0.0769. The van der Waals surface area contributed by atoms with Crippen LogP contribution in [0.5, 0.6) is 0 Å². The van der Waals surface area contributed by atoms with Crippen molar-refractivity contribution in [3.63, 3.8) is 0 Å². The number of nitrogens with zero attached hydrogens (tertiary/aromatic N) is 3. The second kappa shape index (κ2) is 12.2. The quantitative estimate of drug-likeness (QED) is 0.313. The minimum Gasteiger partial charge on any atom is -0.286 e. The molecule has 0 radical (unpaired) electrons. The van der Waals surface area contributed by atoms with Crippen LogP contribution in [-0.2, 0) is 16.5 Å². The highest BCUT2D eigenvalue weighted by Gasteiger charge is 2.25. The van der Waals surface area contributed by atoms with E-state index in [9.17, 15) is 13.2 Å². The van der Waals surface area contributed by atoms with Crippen molar-refractivity contribution in [2.24, 2.45) is 5.92 Å². The van der Waals surface area contributed by atoms with E-state index in [1.165, 1.54) is 0 Å². The molecule has 0 aliphatic carbocycles. The van der Waals surface area contributed by atoms with E-state index in [2.05, 4.69) is 5.43 Å². The van der Waals surface area contributed by atoms with Gasteiger partial charge in [-0.3, -0.25) is 14.8 Å². The number of nitrogens with one attached hydrogen (secondary N) is 1. The molecule has 1 amide bonds. The fraction of sp³-hybridized carbons (Fsp3) is 0.407. The van der Waals surface area contributed by atoms with Crippen molar-refractivity contribution < 1.29 is 17.8 Å². The van der Waals surface area contributed by atoms with E-state index in [4.69, 9.17) is 32.9 Å². The van der Waals surface area contributed by atoms with Crippen molar-refractivity contribution in [1.29, 1.82) is 0 Å². The summed E-state index contributed by atoms with van der Waals surface area (Å²) in [6.45, 7) is 5.45. The van der Waals surface area contributed by atoms with Gasteiger partial charge in [-0.2, -0.15) is 13.5 Å². The van der Waals surface area contributed by atoms with Crippen LogP contribution in [0.3, 0.4) is 0 Å². The summed E-state index contributed by atoms with van der Waals surface area (Å²) in [5, 5.41) is 7.55. The fourth-order valence-corrected chi connectivity index (χ4v) is 5.92. The summed E-state index contributed by atoms with van der Waals surface area (Å²) in [7, 11) is -3.98. The number of hydrogen-bond donors (Lipinski definition) is 2. The Morgan fingerprint density at radius 1 is 1.11 bits per heavy atom. The van der Waals surface area contributed by atoms with Crippen LogP contribution < -0.4 is 5.43 Å². The predicted molar refractivity (Wildman–Crippen MR) is 151 cm³/mol. The van der Waals surface area contributed by atoms with Crippen molar-refractivity contribution in [1.82, 2.24) is 20.2 Å². The van der Waals surface area contributed by atoms with Gasteiger partial charge in [0.15, 0.2) is 5.69 Å². The molecule has 1 unspecified atom stereocenters. The highest BCUT2D eigenvalue weighted by atomic mass is 35.5. The second-order valence-corrected chi connectivity index (χ2v) is 12.3. The van der Waals surface area contributed by atoms with Crippen LogP contribution in [0.4, 0.5) is 0 Å². The summed E-state index contributed by atoms with van der Waals surface area (Å²) < 4.78 is 32.9. The van der Waals surface area contributed by atoms with Crippen molar-refractivity contribution in [2.45, 2.75) is 46.0 Å². The van der Waals surface area contributed by atoms with E-state index < -0.39 is 10.1 Å². The van der Waals surface area contributed by atoms with Gasteiger partial charge in [0.25, 0.3) is 16.0 Å². The van der Waals surface area contributed by atoms with E-state index >= 15 is 0 Å². The molecule has 2 heterocycles. The molecule has 3 aromatic rings. The largest absolute Gasteiger partial charge is 0.286 e. The molecule has 1 aliphatic rings. The Kier molecular flexibility index (Phi) is 9.15. The summed E-state index contributed by atoms with van der Waals surface area (Å²) in [6, 6.07) is 13.0. The molecule has 1 aliphatic heterocycles. The first kappa shape index (κ1) is 28.6. The summed E-state index contributed by atoms with van der Waals surface area (Å²) in [5.74, 6) is -0.443. The smallest absolute Gasteiger partial charge is 0.286 e. The zero-order chi connectivity index (χ0) is 27.4. The Labute approximate surface area is 233 Å². The summed E-state index contributed by atoms with van der Waals surface area (Å²) in [4.78, 5) is 13.3. The number of carbonyl (C=O) groups is 1. The summed E-state index contributed by atoms with van der Waals surface area (Å²) in [5.41, 5.74) is 7.28. The molecular weight excluding hydrogens is 547 g/mol. The maximum absolute atomic E-state index is 13.3. The first-order chi connectivity index (χ1) is 18.0. The normalized spacial score (nSPS) is 15.4. The van der Waals surface area contributed by atoms with E-state index in [0.29, 0.717) is 34.3 Å². The molecule has 1 fully saturated rings. The number of rotatable bonds is 9. The highest BCUT2D eigenvalue weighted by Crippen LogP contribution is 2.33. The van der Waals surface area contributed by atoms with Crippen LogP contribution in [0.2, 0.25) is 10.0 Å². The van der Waals surface area contributed by atoms with Gasteiger partial charge in [0.2, 0.25) is 0 Å². The third kappa shape index (κ3) is 7.15. The number of hydrogen-bond acceptors (Lipinski definition) is 5. The Morgan fingerprint density at radius 3 is 2.42 bits per heavy atom. The van der Waals surface area contributed by atoms with Crippen LogP contribution in [0, 0.1) is 12.8 Å². The lowest BCUT2D eigenvalue weighted by Gasteiger charge is -2.26. The molecule has 0 bridgehead atoms. The van der Waals surface area contributed by atoms with Crippen LogP contribution in [0.1, 0.15) is 54.2 Å². The number of benzene rings is 2. The lowest BCUT2D eigenvalue weighted by molar-refractivity contribution is 0.0743. The second-order valence-electron chi connectivity index (χ2n) is 9.90.